The molecule has 270 valence electrons. The fourth-order valence-electron chi connectivity index (χ4n) is 6.92. The van der Waals surface area contributed by atoms with Crippen LogP contribution in [-0.2, 0) is 0 Å². The van der Waals surface area contributed by atoms with Crippen molar-refractivity contribution in [3.63, 3.8) is 0 Å². The Hall–Kier alpha value is -7.86. The smallest absolute Gasteiger partial charge is 0.119 e. The van der Waals surface area contributed by atoms with E-state index in [2.05, 4.69) is 0 Å². The average molecular weight is 727 g/mol. The third-order valence-corrected chi connectivity index (χ3v) is 8.65. The summed E-state index contributed by atoms with van der Waals surface area (Å²) in [6.07, 6.45) is 0. The fraction of sp³-hybridized carbons (Fsp3) is 0. The normalized spacial score (nSPS) is 11.1. The van der Waals surface area contributed by atoms with Gasteiger partial charge in [-0.1, -0.05) is 0 Å². The molecule has 7 aromatic carbocycles. The van der Waals surface area contributed by atoms with Crippen molar-refractivity contribution in [1.82, 2.24) is 0 Å². The summed E-state index contributed by atoms with van der Waals surface area (Å²) in [5, 5.41) is 130. The van der Waals surface area contributed by atoms with E-state index in [4.69, 9.17) is 0 Å². The van der Waals surface area contributed by atoms with Gasteiger partial charge in [-0.15, -0.1) is 0 Å². The lowest BCUT2D eigenvalue weighted by molar-refractivity contribution is 0.449. The molecule has 0 aromatic heterocycles. The van der Waals surface area contributed by atoms with Crippen LogP contribution >= 0.6 is 0 Å². The molecule has 0 bridgehead atoms. The molecule has 0 aliphatic heterocycles. The van der Waals surface area contributed by atoms with Crippen LogP contribution in [0.4, 0.5) is 0 Å². The van der Waals surface area contributed by atoms with Crippen LogP contribution in [0.15, 0.2) is 109 Å². The zero-order valence-corrected chi connectivity index (χ0v) is 27.8. The highest BCUT2D eigenvalue weighted by atomic mass is 16.3. The highest BCUT2D eigenvalue weighted by Crippen LogP contribution is 2.58. The molecule has 0 unspecified atom stereocenters. The first-order chi connectivity index (χ1) is 25.6. The zero-order valence-electron chi connectivity index (χ0n) is 27.8. The lowest BCUT2D eigenvalue weighted by Gasteiger charge is -2.29. The standard InChI is InChI=1S/C42H30O12/c43-25-1-19(2-26(44)13-25)37-38(20-3-27(45)14-28(46)4-20)40(22-7-31(49)16-32(50)8-22)42(24-11-35(53)18-36(54)12-24)41(23-9-33(51)17-34(52)10-23)39(37)21-5-29(47)15-30(48)6-21/h1-18,43-54H. The second-order valence-electron chi connectivity index (χ2n) is 12.7. The molecule has 0 aliphatic carbocycles. The lowest BCUT2D eigenvalue weighted by atomic mass is 9.74. The second-order valence-corrected chi connectivity index (χ2v) is 12.7. The van der Waals surface area contributed by atoms with E-state index < -0.39 is 69.0 Å². The lowest BCUT2D eigenvalue weighted by Crippen LogP contribution is -2.02. The van der Waals surface area contributed by atoms with Crippen LogP contribution in [0.25, 0.3) is 66.8 Å². The summed E-state index contributed by atoms with van der Waals surface area (Å²) in [6.45, 7) is 0. The molecule has 0 saturated carbocycles. The molecule has 7 aromatic rings. The van der Waals surface area contributed by atoms with E-state index in [1.54, 1.807) is 0 Å². The van der Waals surface area contributed by atoms with E-state index in [1.807, 2.05) is 0 Å². The summed E-state index contributed by atoms with van der Waals surface area (Å²) in [6, 6.07) is 21.7. The number of hydrogen-bond donors (Lipinski definition) is 12. The van der Waals surface area contributed by atoms with Gasteiger partial charge in [-0.05, 0) is 140 Å². The molecule has 12 heteroatoms. The Morgan fingerprint density at radius 2 is 0.241 bits per heavy atom. The number of phenols is 12. The molecular weight excluding hydrogens is 696 g/mol. The number of aromatic hydroxyl groups is 12. The van der Waals surface area contributed by atoms with Crippen molar-refractivity contribution in [1.29, 1.82) is 0 Å². The maximum absolute atomic E-state index is 10.9. The molecule has 0 heterocycles. The van der Waals surface area contributed by atoms with Crippen molar-refractivity contribution in [2.75, 3.05) is 0 Å². The van der Waals surface area contributed by atoms with E-state index >= 15 is 0 Å². The highest BCUT2D eigenvalue weighted by Gasteiger charge is 2.31. The SMILES string of the molecule is Oc1cc(O)cc(-c2c(-c3cc(O)cc(O)c3)c(-c3cc(O)cc(O)c3)c(-c3cc(O)cc(O)c3)c(-c3cc(O)cc(O)c3)c2-c2cc(O)cc(O)c2)c1. The maximum atomic E-state index is 10.9. The Balaban J connectivity index is 1.92. The van der Waals surface area contributed by atoms with Crippen molar-refractivity contribution >= 4 is 0 Å². The first-order valence-corrected chi connectivity index (χ1v) is 16.1. The molecule has 12 N–H and O–H groups in total. The van der Waals surface area contributed by atoms with Gasteiger partial charge in [-0.3, -0.25) is 0 Å². The molecule has 54 heavy (non-hydrogen) atoms. The van der Waals surface area contributed by atoms with Crippen LogP contribution in [0.2, 0.25) is 0 Å². The van der Waals surface area contributed by atoms with Gasteiger partial charge in [0, 0.05) is 36.4 Å². The largest absolute Gasteiger partial charge is 0.508 e. The van der Waals surface area contributed by atoms with E-state index in [9.17, 15) is 61.3 Å². The van der Waals surface area contributed by atoms with Crippen LogP contribution in [0.3, 0.4) is 0 Å². The van der Waals surface area contributed by atoms with Gasteiger partial charge in [0.2, 0.25) is 0 Å². The van der Waals surface area contributed by atoms with Crippen molar-refractivity contribution in [2.24, 2.45) is 0 Å². The summed E-state index contributed by atoms with van der Waals surface area (Å²) in [5.74, 6) is -4.89. The van der Waals surface area contributed by atoms with Gasteiger partial charge in [0.05, 0.1) is 0 Å². The van der Waals surface area contributed by atoms with E-state index in [0.29, 0.717) is 0 Å². The zero-order chi connectivity index (χ0) is 38.6. The second kappa shape index (κ2) is 13.0. The first-order valence-electron chi connectivity index (χ1n) is 16.1. The quantitative estimate of drug-likeness (QED) is 0.0777. The van der Waals surface area contributed by atoms with E-state index in [-0.39, 0.29) is 66.8 Å². The Morgan fingerprint density at radius 1 is 0.148 bits per heavy atom. The third-order valence-electron chi connectivity index (χ3n) is 8.65. The molecule has 7 rings (SSSR count). The van der Waals surface area contributed by atoms with E-state index in [0.717, 1.165) is 36.4 Å². The molecule has 0 saturated heterocycles. The van der Waals surface area contributed by atoms with Crippen molar-refractivity contribution in [3.8, 4) is 136 Å². The molecule has 12 nitrogen and oxygen atoms in total. The molecule has 0 fully saturated rings. The Bertz CT molecular complexity index is 2040. The van der Waals surface area contributed by atoms with Crippen LogP contribution in [0.1, 0.15) is 0 Å². The average Bonchev–Trinajstić information content (AvgIpc) is 3.04. The van der Waals surface area contributed by atoms with Gasteiger partial charge in [0.15, 0.2) is 0 Å². The van der Waals surface area contributed by atoms with Crippen LogP contribution in [0, 0.1) is 0 Å². The van der Waals surface area contributed by atoms with Crippen LogP contribution in [0.5, 0.6) is 69.0 Å². The summed E-state index contributed by atoms with van der Waals surface area (Å²) in [7, 11) is 0. The van der Waals surface area contributed by atoms with Gasteiger partial charge in [0.1, 0.15) is 69.0 Å². The monoisotopic (exact) mass is 726 g/mol. The van der Waals surface area contributed by atoms with Gasteiger partial charge >= 0.3 is 0 Å². The summed E-state index contributed by atoms with van der Waals surface area (Å²) >= 11 is 0. The predicted molar refractivity (Wildman–Crippen MR) is 199 cm³/mol. The summed E-state index contributed by atoms with van der Waals surface area (Å²) < 4.78 is 0. The van der Waals surface area contributed by atoms with E-state index in [1.165, 1.54) is 72.8 Å². The maximum Gasteiger partial charge on any atom is 0.119 e. The minimum atomic E-state index is -0.408. The third kappa shape index (κ3) is 6.53. The van der Waals surface area contributed by atoms with Gasteiger partial charge in [-0.2, -0.15) is 0 Å². The molecule has 0 atom stereocenters. The molecule has 0 amide bonds. The minimum Gasteiger partial charge on any atom is -0.508 e. The van der Waals surface area contributed by atoms with Crippen LogP contribution in [-0.4, -0.2) is 61.3 Å². The molecule has 0 aliphatic rings. The molecule has 0 radical (unpaired) electrons. The Morgan fingerprint density at radius 3 is 0.333 bits per heavy atom. The Kier molecular flexibility index (Phi) is 8.35. The van der Waals surface area contributed by atoms with Gasteiger partial charge < -0.3 is 61.3 Å². The highest BCUT2D eigenvalue weighted by molar-refractivity contribution is 6.15. The predicted octanol–water partition coefficient (Wildman–Crippen LogP) is 8.16. The summed E-state index contributed by atoms with van der Waals surface area (Å²) in [4.78, 5) is 0. The number of hydrogen-bond acceptors (Lipinski definition) is 12. The Labute approximate surface area is 305 Å². The first kappa shape index (κ1) is 34.6. The topological polar surface area (TPSA) is 243 Å². The minimum absolute atomic E-state index is 0.0694. The van der Waals surface area contributed by atoms with Crippen molar-refractivity contribution in [3.05, 3.63) is 109 Å². The van der Waals surface area contributed by atoms with Crippen molar-refractivity contribution < 1.29 is 61.3 Å². The molecular formula is C42H30O12. The summed E-state index contributed by atoms with van der Waals surface area (Å²) in [5.41, 5.74) is 0.860. The number of rotatable bonds is 6. The van der Waals surface area contributed by atoms with Gasteiger partial charge in [-0.25, -0.2) is 0 Å². The van der Waals surface area contributed by atoms with Crippen LogP contribution < -0.4 is 0 Å². The fourth-order valence-corrected chi connectivity index (χ4v) is 6.92. The van der Waals surface area contributed by atoms with Gasteiger partial charge in [0.25, 0.3) is 0 Å². The number of phenolic OH excluding ortho intramolecular Hbond substituents is 12. The number of benzene rings is 7. The molecule has 0 spiro atoms. The van der Waals surface area contributed by atoms with Crippen molar-refractivity contribution in [2.45, 2.75) is 0 Å².